The third-order valence-electron chi connectivity index (χ3n) is 4.35. The van der Waals surface area contributed by atoms with Crippen LogP contribution in [0.25, 0.3) is 11.0 Å². The largest absolute Gasteiger partial charge is 0.481 e. The van der Waals surface area contributed by atoms with Crippen molar-refractivity contribution < 1.29 is 9.53 Å². The monoisotopic (exact) mass is 338 g/mol. The molecule has 3 heterocycles. The summed E-state index contributed by atoms with van der Waals surface area (Å²) < 4.78 is 7.30. The maximum absolute atomic E-state index is 12.6. The molecule has 130 valence electrons. The Labute approximate surface area is 146 Å². The van der Waals surface area contributed by atoms with Gasteiger partial charge in [0.1, 0.15) is 6.33 Å². The van der Waals surface area contributed by atoms with Crippen LogP contribution in [0.4, 0.5) is 0 Å². The molecule has 6 heteroatoms. The van der Waals surface area contributed by atoms with Gasteiger partial charge in [0.05, 0.1) is 35.9 Å². The molecule has 0 amide bonds. The van der Waals surface area contributed by atoms with Crippen molar-refractivity contribution in [2.75, 3.05) is 7.11 Å². The number of carbonyl (C=O) groups is 1. The number of hydrogen-bond donors (Lipinski definition) is 0. The summed E-state index contributed by atoms with van der Waals surface area (Å²) in [4.78, 5) is 25.5. The van der Waals surface area contributed by atoms with Gasteiger partial charge in [0.15, 0.2) is 5.78 Å². The van der Waals surface area contributed by atoms with Crippen LogP contribution in [0.5, 0.6) is 5.88 Å². The van der Waals surface area contributed by atoms with E-state index >= 15 is 0 Å². The van der Waals surface area contributed by atoms with Gasteiger partial charge in [-0.25, -0.2) is 9.97 Å². The van der Waals surface area contributed by atoms with Gasteiger partial charge in [0.25, 0.3) is 0 Å². The van der Waals surface area contributed by atoms with Crippen LogP contribution < -0.4 is 4.74 Å². The second kappa shape index (κ2) is 7.42. The highest BCUT2D eigenvalue weighted by molar-refractivity contribution is 6.06. The number of pyridine rings is 1. The summed E-state index contributed by atoms with van der Waals surface area (Å²) in [5, 5.41) is 0. The van der Waals surface area contributed by atoms with E-state index in [1.54, 1.807) is 13.3 Å². The highest BCUT2D eigenvalue weighted by atomic mass is 16.5. The molecule has 0 aliphatic rings. The summed E-state index contributed by atoms with van der Waals surface area (Å²) in [6.07, 6.45) is 7.55. The Balaban J connectivity index is 2.01. The second-order valence-corrected chi connectivity index (χ2v) is 6.02. The molecule has 0 atom stereocenters. The predicted octanol–water partition coefficient (Wildman–Crippen LogP) is 3.56. The Hall–Kier alpha value is -2.76. The molecule has 0 aliphatic carbocycles. The molecule has 0 fully saturated rings. The summed E-state index contributed by atoms with van der Waals surface area (Å²) in [6.45, 7) is 4.56. The molecule has 0 saturated carbocycles. The molecule has 3 rings (SSSR count). The first-order chi connectivity index (χ1) is 12.2. The van der Waals surface area contributed by atoms with Gasteiger partial charge in [-0.1, -0.05) is 13.3 Å². The Morgan fingerprint density at radius 1 is 1.28 bits per heavy atom. The Kier molecular flexibility index (Phi) is 5.07. The van der Waals surface area contributed by atoms with Crippen LogP contribution in [-0.2, 0) is 6.54 Å². The van der Waals surface area contributed by atoms with E-state index in [-0.39, 0.29) is 5.78 Å². The van der Waals surface area contributed by atoms with E-state index in [0.717, 1.165) is 35.1 Å². The number of ketones is 1. The lowest BCUT2D eigenvalue weighted by atomic mass is 10.1. The molecular formula is C19H22N4O2. The lowest BCUT2D eigenvalue weighted by Gasteiger charge is -2.09. The molecule has 0 N–H and O–H groups in total. The standard InChI is InChI=1S/C19H22N4O2/c1-4-5-8-17(24)14-10-23(16-7-6-9-20-18(14)16)11-15-13(2)19(25-3)22-12-21-15/h6-7,9-10,12H,4-5,8,11H2,1-3H3. The van der Waals surface area contributed by atoms with Crippen molar-refractivity contribution in [3.05, 3.63) is 47.7 Å². The number of ether oxygens (including phenoxy) is 1. The van der Waals surface area contributed by atoms with Gasteiger partial charge in [0.2, 0.25) is 5.88 Å². The molecule has 0 unspecified atom stereocenters. The topological polar surface area (TPSA) is 69.9 Å². The minimum absolute atomic E-state index is 0.140. The number of methoxy groups -OCH3 is 1. The molecule has 25 heavy (non-hydrogen) atoms. The zero-order chi connectivity index (χ0) is 17.8. The van der Waals surface area contributed by atoms with Crippen molar-refractivity contribution in [3.63, 3.8) is 0 Å². The van der Waals surface area contributed by atoms with Gasteiger partial charge in [-0.15, -0.1) is 0 Å². The fourth-order valence-electron chi connectivity index (χ4n) is 2.92. The van der Waals surface area contributed by atoms with Crippen LogP contribution in [-0.4, -0.2) is 32.4 Å². The molecule has 3 aromatic rings. The number of carbonyl (C=O) groups excluding carboxylic acids is 1. The quantitative estimate of drug-likeness (QED) is 0.616. The number of nitrogens with zero attached hydrogens (tertiary/aromatic N) is 4. The first-order valence-corrected chi connectivity index (χ1v) is 8.47. The molecule has 0 spiro atoms. The number of aromatic nitrogens is 4. The van der Waals surface area contributed by atoms with Gasteiger partial charge < -0.3 is 9.30 Å². The van der Waals surface area contributed by atoms with Crippen molar-refractivity contribution in [1.82, 2.24) is 19.5 Å². The highest BCUT2D eigenvalue weighted by Gasteiger charge is 2.17. The molecule has 0 radical (unpaired) electrons. The maximum Gasteiger partial charge on any atom is 0.219 e. The lowest BCUT2D eigenvalue weighted by molar-refractivity contribution is 0.0981. The van der Waals surface area contributed by atoms with Crippen LogP contribution >= 0.6 is 0 Å². The van der Waals surface area contributed by atoms with Crippen molar-refractivity contribution in [2.24, 2.45) is 0 Å². The zero-order valence-corrected chi connectivity index (χ0v) is 14.8. The van der Waals surface area contributed by atoms with Crippen molar-refractivity contribution in [1.29, 1.82) is 0 Å². The first kappa shape index (κ1) is 17.1. The van der Waals surface area contributed by atoms with Crippen LogP contribution in [0.15, 0.2) is 30.9 Å². The average molecular weight is 338 g/mol. The van der Waals surface area contributed by atoms with Crippen molar-refractivity contribution in [2.45, 2.75) is 39.7 Å². The Morgan fingerprint density at radius 3 is 2.88 bits per heavy atom. The molecule has 0 aliphatic heterocycles. The summed E-state index contributed by atoms with van der Waals surface area (Å²) >= 11 is 0. The summed E-state index contributed by atoms with van der Waals surface area (Å²) in [6, 6.07) is 3.86. The van der Waals surface area contributed by atoms with Crippen LogP contribution in [0.3, 0.4) is 0 Å². The van der Waals surface area contributed by atoms with Crippen molar-refractivity contribution in [3.8, 4) is 5.88 Å². The third-order valence-corrected chi connectivity index (χ3v) is 4.35. The molecule has 0 aromatic carbocycles. The van der Waals surface area contributed by atoms with Gasteiger partial charge >= 0.3 is 0 Å². The molecule has 0 saturated heterocycles. The van der Waals surface area contributed by atoms with E-state index in [9.17, 15) is 4.79 Å². The Bertz CT molecular complexity index is 902. The summed E-state index contributed by atoms with van der Waals surface area (Å²) in [5.41, 5.74) is 4.12. The van der Waals surface area contributed by atoms with E-state index in [0.29, 0.717) is 24.4 Å². The number of rotatable bonds is 7. The van der Waals surface area contributed by atoms with E-state index in [4.69, 9.17) is 4.74 Å². The van der Waals surface area contributed by atoms with Gasteiger partial charge in [0, 0.05) is 24.4 Å². The number of fused-ring (bicyclic) bond motifs is 1. The van der Waals surface area contributed by atoms with E-state index in [1.165, 1.54) is 6.33 Å². The average Bonchev–Trinajstić information content (AvgIpc) is 3.00. The first-order valence-electron chi connectivity index (χ1n) is 8.47. The SMILES string of the molecule is CCCCC(=O)c1cn(Cc2ncnc(OC)c2C)c2cccnc12. The van der Waals surface area contributed by atoms with Gasteiger partial charge in [-0.3, -0.25) is 9.78 Å². The second-order valence-electron chi connectivity index (χ2n) is 6.02. The summed E-state index contributed by atoms with van der Waals surface area (Å²) in [7, 11) is 1.60. The minimum Gasteiger partial charge on any atom is -0.481 e. The normalized spacial score (nSPS) is 11.0. The lowest BCUT2D eigenvalue weighted by Crippen LogP contribution is -2.05. The fourth-order valence-corrected chi connectivity index (χ4v) is 2.92. The van der Waals surface area contributed by atoms with Gasteiger partial charge in [-0.2, -0.15) is 0 Å². The van der Waals surface area contributed by atoms with Crippen LogP contribution in [0.1, 0.15) is 47.8 Å². The van der Waals surface area contributed by atoms with Crippen LogP contribution in [0, 0.1) is 6.92 Å². The van der Waals surface area contributed by atoms with Crippen molar-refractivity contribution >= 4 is 16.8 Å². The minimum atomic E-state index is 0.140. The maximum atomic E-state index is 12.6. The number of Topliss-reactive ketones (excluding diaryl/α,β-unsaturated/α-hetero) is 1. The van der Waals surface area contributed by atoms with E-state index < -0.39 is 0 Å². The molecular weight excluding hydrogens is 316 g/mol. The van der Waals surface area contributed by atoms with Gasteiger partial charge in [-0.05, 0) is 25.5 Å². The van der Waals surface area contributed by atoms with E-state index in [1.807, 2.05) is 29.8 Å². The highest BCUT2D eigenvalue weighted by Crippen LogP contribution is 2.24. The number of unbranched alkanes of at least 4 members (excludes halogenated alkanes) is 1. The smallest absolute Gasteiger partial charge is 0.219 e. The number of hydrogen-bond acceptors (Lipinski definition) is 5. The predicted molar refractivity (Wildman–Crippen MR) is 96.0 cm³/mol. The summed E-state index contributed by atoms with van der Waals surface area (Å²) in [5.74, 6) is 0.708. The molecule has 0 bridgehead atoms. The Morgan fingerprint density at radius 2 is 2.12 bits per heavy atom. The van der Waals surface area contributed by atoms with Crippen LogP contribution in [0.2, 0.25) is 0 Å². The van der Waals surface area contributed by atoms with E-state index in [2.05, 4.69) is 21.9 Å². The third kappa shape index (κ3) is 3.38. The zero-order valence-electron chi connectivity index (χ0n) is 14.8. The molecule has 6 nitrogen and oxygen atoms in total. The fraction of sp³-hybridized carbons (Fsp3) is 0.368. The molecule has 3 aromatic heterocycles.